The van der Waals surface area contributed by atoms with E-state index in [9.17, 15) is 19.5 Å². The van der Waals surface area contributed by atoms with Crippen molar-refractivity contribution in [1.82, 2.24) is 25.0 Å². The molecule has 15 heteroatoms. The maximum atomic E-state index is 14.3. The summed E-state index contributed by atoms with van der Waals surface area (Å²) in [5.41, 5.74) is 2.78. The number of phosphoric acid groups is 1. The number of aromatic amines is 1. The lowest BCUT2D eigenvalue weighted by molar-refractivity contribution is -0.323. The third-order valence-corrected chi connectivity index (χ3v) is 10.1. The minimum Gasteiger partial charge on any atom is -0.361 e. The van der Waals surface area contributed by atoms with Crippen molar-refractivity contribution in [2.45, 2.75) is 76.7 Å². The number of carbonyl (C=O) groups excluding carboxylic acids is 3. The van der Waals surface area contributed by atoms with Crippen LogP contribution in [-0.2, 0) is 30.1 Å². The molecule has 0 radical (unpaired) electrons. The van der Waals surface area contributed by atoms with Crippen LogP contribution in [0.15, 0.2) is 30.5 Å². The zero-order chi connectivity index (χ0) is 33.5. The summed E-state index contributed by atoms with van der Waals surface area (Å²) in [6.45, 7) is 8.32. The number of H-pyrrole nitrogens is 1. The first kappa shape index (κ1) is 32.8. The van der Waals surface area contributed by atoms with Crippen LogP contribution >= 0.6 is 7.82 Å². The minimum absolute atomic E-state index is 0.150. The lowest BCUT2D eigenvalue weighted by Gasteiger charge is -2.49. The van der Waals surface area contributed by atoms with Crippen LogP contribution in [0, 0.1) is 17.8 Å². The average molecular weight is 660 g/mol. The molecule has 0 bridgehead atoms. The van der Waals surface area contributed by atoms with Gasteiger partial charge in [0.1, 0.15) is 12.1 Å². The largest absolute Gasteiger partial charge is 0.466 e. The molecular formula is C31H42N5O9P. The van der Waals surface area contributed by atoms with E-state index >= 15 is 0 Å². The van der Waals surface area contributed by atoms with Crippen molar-refractivity contribution in [3.05, 3.63) is 41.6 Å². The Morgan fingerprint density at radius 1 is 1.17 bits per heavy atom. The molecule has 1 aliphatic carbocycles. The number of aromatic nitrogens is 1. The number of nitrogens with zero attached hydrogens (tertiary/aromatic N) is 3. The highest BCUT2D eigenvalue weighted by Gasteiger charge is 2.72. The molecule has 14 nitrogen and oxygen atoms in total. The van der Waals surface area contributed by atoms with E-state index in [1.807, 2.05) is 33.0 Å². The third kappa shape index (κ3) is 5.11. The number of carbonyl (C=O) groups is 3. The normalized spacial score (nSPS) is 32.3. The summed E-state index contributed by atoms with van der Waals surface area (Å²) in [6, 6.07) is 4.80. The van der Waals surface area contributed by atoms with E-state index in [2.05, 4.69) is 33.5 Å². The van der Waals surface area contributed by atoms with E-state index in [-0.39, 0.29) is 23.8 Å². The van der Waals surface area contributed by atoms with Crippen molar-refractivity contribution in [3.63, 3.8) is 0 Å². The predicted octanol–water partition coefficient (Wildman–Crippen LogP) is 1.11. The lowest BCUT2D eigenvalue weighted by atomic mass is 9.79. The van der Waals surface area contributed by atoms with Crippen molar-refractivity contribution in [2.75, 3.05) is 20.1 Å². The maximum absolute atomic E-state index is 14.3. The Balaban J connectivity index is 0.000000692. The van der Waals surface area contributed by atoms with E-state index in [0.717, 1.165) is 23.1 Å². The summed E-state index contributed by atoms with van der Waals surface area (Å²) in [4.78, 5) is 72.0. The molecule has 3 fully saturated rings. The monoisotopic (exact) mass is 659 g/mol. The van der Waals surface area contributed by atoms with Gasteiger partial charge in [-0.15, -0.1) is 0 Å². The molecule has 1 aromatic carbocycles. The van der Waals surface area contributed by atoms with Gasteiger partial charge in [0.2, 0.25) is 17.5 Å². The summed E-state index contributed by atoms with van der Waals surface area (Å²) in [7, 11) is -2.61. The van der Waals surface area contributed by atoms with Crippen LogP contribution in [0.3, 0.4) is 0 Å². The summed E-state index contributed by atoms with van der Waals surface area (Å²) in [5, 5.41) is 16.2. The van der Waals surface area contributed by atoms with E-state index in [1.165, 1.54) is 15.8 Å². The number of likely N-dealkylation sites (N-methyl/N-ethyl adjacent to an activating group) is 1. The Bertz CT molecular complexity index is 1660. The SMILES string of the molecule is CC(C)[C@H]1C(=O)N2CCC[C@H]2[C@]2(O)O[C@](NC(=O)C3C=C4c5cccc6[nH]cc(c56)C[C@H]4N(C)C3)(C(C)C)C(=O)N12.O=P(O)(O)O. The summed E-state index contributed by atoms with van der Waals surface area (Å²) in [6.07, 6.45) is 6.21. The van der Waals surface area contributed by atoms with Crippen molar-refractivity contribution in [1.29, 1.82) is 0 Å². The second kappa shape index (κ2) is 11.3. The van der Waals surface area contributed by atoms with Gasteiger partial charge in [0, 0.05) is 42.1 Å². The van der Waals surface area contributed by atoms with Gasteiger partial charge in [0.25, 0.3) is 11.8 Å². The zero-order valence-corrected chi connectivity index (χ0v) is 27.4. The average Bonchev–Trinajstić information content (AvgIpc) is 3.67. The number of ether oxygens (including phenoxy) is 1. The summed E-state index contributed by atoms with van der Waals surface area (Å²) < 4.78 is 15.3. The number of amides is 3. The second-order valence-corrected chi connectivity index (χ2v) is 14.7. The molecule has 1 unspecified atom stereocenters. The molecule has 1 aromatic heterocycles. The topological polar surface area (TPSA) is 196 Å². The highest BCUT2D eigenvalue weighted by Crippen LogP contribution is 2.49. The van der Waals surface area contributed by atoms with E-state index in [4.69, 9.17) is 24.0 Å². The third-order valence-electron chi connectivity index (χ3n) is 10.1. The Morgan fingerprint density at radius 3 is 2.52 bits per heavy atom. The van der Waals surface area contributed by atoms with Crippen LogP contribution in [0.4, 0.5) is 0 Å². The molecule has 0 saturated carbocycles. The van der Waals surface area contributed by atoms with Crippen LogP contribution in [0.2, 0.25) is 0 Å². The number of piperazine rings is 1. The number of benzene rings is 1. The van der Waals surface area contributed by atoms with Crippen LogP contribution in [0.25, 0.3) is 16.5 Å². The molecule has 46 heavy (non-hydrogen) atoms. The van der Waals surface area contributed by atoms with Gasteiger partial charge in [-0.05, 0) is 55.0 Å². The predicted molar refractivity (Wildman–Crippen MR) is 166 cm³/mol. The van der Waals surface area contributed by atoms with Crippen molar-refractivity contribution >= 4 is 42.0 Å². The smallest absolute Gasteiger partial charge is 0.361 e. The number of nitrogens with one attached hydrogen (secondary N) is 2. The molecule has 6 atom stereocenters. The quantitative estimate of drug-likeness (QED) is 0.259. The van der Waals surface area contributed by atoms with Crippen LogP contribution in [-0.4, -0.2) is 107 Å². The lowest BCUT2D eigenvalue weighted by Crippen LogP contribution is -2.72. The molecule has 6 N–H and O–H groups in total. The molecule has 0 spiro atoms. The molecule has 4 aliphatic heterocycles. The molecule has 250 valence electrons. The van der Waals surface area contributed by atoms with Crippen molar-refractivity contribution in [2.24, 2.45) is 17.8 Å². The fourth-order valence-electron chi connectivity index (χ4n) is 7.97. The first-order chi connectivity index (χ1) is 21.5. The number of hydrogen-bond acceptors (Lipinski definition) is 7. The second-order valence-electron chi connectivity index (χ2n) is 13.6. The Hall–Kier alpha value is -3.10. The van der Waals surface area contributed by atoms with Gasteiger partial charge in [-0.25, -0.2) is 4.57 Å². The van der Waals surface area contributed by atoms with Crippen molar-refractivity contribution in [3.8, 4) is 0 Å². The highest BCUT2D eigenvalue weighted by molar-refractivity contribution is 7.45. The van der Waals surface area contributed by atoms with E-state index in [0.29, 0.717) is 25.9 Å². The van der Waals surface area contributed by atoms with Crippen LogP contribution in [0.5, 0.6) is 0 Å². The van der Waals surface area contributed by atoms with Crippen molar-refractivity contribution < 1.29 is 43.5 Å². The minimum atomic E-state index is -4.64. The summed E-state index contributed by atoms with van der Waals surface area (Å²) >= 11 is 0. The zero-order valence-electron chi connectivity index (χ0n) is 26.5. The molecule has 2 aromatic rings. The Morgan fingerprint density at radius 2 is 1.87 bits per heavy atom. The molecule has 5 heterocycles. The van der Waals surface area contributed by atoms with Gasteiger partial charge >= 0.3 is 7.82 Å². The number of hydrogen-bond donors (Lipinski definition) is 6. The molecule has 3 amide bonds. The molecule has 3 saturated heterocycles. The van der Waals surface area contributed by atoms with Gasteiger partial charge in [0.05, 0.1) is 5.92 Å². The van der Waals surface area contributed by atoms with E-state index in [1.54, 1.807) is 18.7 Å². The fourth-order valence-corrected chi connectivity index (χ4v) is 7.97. The first-order valence-electron chi connectivity index (χ1n) is 15.7. The molecule has 5 aliphatic rings. The van der Waals surface area contributed by atoms with Gasteiger partial charge in [-0.3, -0.25) is 28.9 Å². The highest BCUT2D eigenvalue weighted by atomic mass is 31.2. The number of rotatable bonds is 4. The van der Waals surface area contributed by atoms with Gasteiger partial charge in [0.15, 0.2) is 0 Å². The molecular weight excluding hydrogens is 617 g/mol. The van der Waals surface area contributed by atoms with Gasteiger partial charge < -0.3 is 35.0 Å². The Kier molecular flexibility index (Phi) is 8.03. The fraction of sp³-hybridized carbons (Fsp3) is 0.581. The number of aliphatic hydroxyl groups is 1. The van der Waals surface area contributed by atoms with Crippen LogP contribution < -0.4 is 5.32 Å². The molecule has 7 rings (SSSR count). The van der Waals surface area contributed by atoms with Gasteiger partial charge in [-0.1, -0.05) is 45.9 Å². The first-order valence-corrected chi connectivity index (χ1v) is 17.2. The number of fused-ring (bicyclic) bond motifs is 5. The van der Waals surface area contributed by atoms with E-state index < -0.39 is 49.3 Å². The van der Waals surface area contributed by atoms with Gasteiger partial charge in [-0.2, -0.15) is 0 Å². The standard InChI is InChI=1S/C31H39N5O5.H3O4P/c1-16(2)26-28(38)35-11-7-10-24(35)31(40)36(26)29(39)30(41-31,17(3)4)33-27(37)19-12-21-20-8-6-9-22-25(20)18(14-32-22)13-23(21)34(5)15-19;1-5(2,3)4/h6,8-9,12,14,16-17,19,23-24,26,32,40H,7,10-11,13,15H2,1-5H3,(H,33,37);(H3,1,2,3,4)/t19?,23-,24+,26+,30-,31+;/m1./s1. The maximum Gasteiger partial charge on any atom is 0.466 e. The van der Waals surface area contributed by atoms with Crippen LogP contribution in [0.1, 0.15) is 51.7 Å². The Labute approximate surface area is 266 Å². The summed E-state index contributed by atoms with van der Waals surface area (Å²) in [5.74, 6) is -4.36.